The van der Waals surface area contributed by atoms with Crippen molar-refractivity contribution in [2.75, 3.05) is 0 Å². The van der Waals surface area contributed by atoms with E-state index >= 15 is 0 Å². The number of nitrogens with one attached hydrogen (secondary N) is 1. The molecule has 1 aromatic carbocycles. The van der Waals surface area contributed by atoms with Crippen LogP contribution >= 0.6 is 0 Å². The molecule has 1 N–H and O–H groups in total. The fourth-order valence-electron chi connectivity index (χ4n) is 2.07. The second-order valence-corrected chi connectivity index (χ2v) is 3.95. The van der Waals surface area contributed by atoms with E-state index in [0.717, 1.165) is 6.42 Å². The molecule has 0 aliphatic carbocycles. The first kappa shape index (κ1) is 9.41. The third-order valence-electron chi connectivity index (χ3n) is 2.89. The normalized spacial score (nSPS) is 25.6. The third kappa shape index (κ3) is 1.58. The molecule has 1 heterocycles. The van der Waals surface area contributed by atoms with Gasteiger partial charge in [-0.1, -0.05) is 24.3 Å². The zero-order valence-electron chi connectivity index (χ0n) is 8.58. The number of carbonyl (C=O) groups is 1. The molecule has 0 amide bonds. The summed E-state index contributed by atoms with van der Waals surface area (Å²) in [5.41, 5.74) is 2.63. The number of rotatable bonds is 1. The van der Waals surface area contributed by atoms with Gasteiger partial charge in [0.1, 0.15) is 5.78 Å². The van der Waals surface area contributed by atoms with Crippen molar-refractivity contribution in [3.05, 3.63) is 35.4 Å². The van der Waals surface area contributed by atoms with E-state index in [9.17, 15) is 4.79 Å². The maximum Gasteiger partial charge on any atom is 0.147 e. The first-order valence-corrected chi connectivity index (χ1v) is 5.03. The molecule has 1 aliphatic rings. The van der Waals surface area contributed by atoms with Gasteiger partial charge < -0.3 is 5.32 Å². The molecule has 1 aliphatic heterocycles. The SMILES string of the molecule is CC(=O)C1Cc2ccccc2C(C)N1. The highest BCUT2D eigenvalue weighted by Crippen LogP contribution is 2.24. The predicted octanol–water partition coefficient (Wildman–Crippen LogP) is 1.85. The van der Waals surface area contributed by atoms with E-state index < -0.39 is 0 Å². The lowest BCUT2D eigenvalue weighted by Gasteiger charge is -2.29. The zero-order chi connectivity index (χ0) is 10.1. The van der Waals surface area contributed by atoms with Gasteiger partial charge in [-0.2, -0.15) is 0 Å². The molecule has 0 radical (unpaired) electrons. The first-order chi connectivity index (χ1) is 6.68. The maximum absolute atomic E-state index is 11.3. The second kappa shape index (κ2) is 3.54. The van der Waals surface area contributed by atoms with Gasteiger partial charge in [-0.15, -0.1) is 0 Å². The van der Waals surface area contributed by atoms with Crippen LogP contribution in [0.5, 0.6) is 0 Å². The number of hydrogen-bond donors (Lipinski definition) is 1. The van der Waals surface area contributed by atoms with E-state index in [4.69, 9.17) is 0 Å². The Balaban J connectivity index is 2.33. The van der Waals surface area contributed by atoms with Crippen molar-refractivity contribution in [1.82, 2.24) is 5.32 Å². The number of benzene rings is 1. The summed E-state index contributed by atoms with van der Waals surface area (Å²) in [6, 6.07) is 8.61. The number of Topliss-reactive ketones (excluding diaryl/α,β-unsaturated/α-hetero) is 1. The lowest BCUT2D eigenvalue weighted by atomic mass is 9.90. The van der Waals surface area contributed by atoms with Crippen molar-refractivity contribution >= 4 is 5.78 Å². The minimum Gasteiger partial charge on any atom is -0.301 e. The average molecular weight is 189 g/mol. The van der Waals surface area contributed by atoms with Gasteiger partial charge in [-0.25, -0.2) is 0 Å². The van der Waals surface area contributed by atoms with E-state index in [1.165, 1.54) is 11.1 Å². The smallest absolute Gasteiger partial charge is 0.147 e. The monoisotopic (exact) mass is 189 g/mol. The zero-order valence-corrected chi connectivity index (χ0v) is 8.58. The summed E-state index contributed by atoms with van der Waals surface area (Å²) >= 11 is 0. The summed E-state index contributed by atoms with van der Waals surface area (Å²) in [5.74, 6) is 0.228. The van der Waals surface area contributed by atoms with Crippen LogP contribution in [0.3, 0.4) is 0 Å². The van der Waals surface area contributed by atoms with Gasteiger partial charge in [0.2, 0.25) is 0 Å². The van der Waals surface area contributed by atoms with E-state index in [1.807, 2.05) is 12.1 Å². The maximum atomic E-state index is 11.3. The topological polar surface area (TPSA) is 29.1 Å². The summed E-state index contributed by atoms with van der Waals surface area (Å²) in [5, 5.41) is 3.32. The molecular formula is C12H15NO. The van der Waals surface area contributed by atoms with Crippen molar-refractivity contribution in [1.29, 1.82) is 0 Å². The summed E-state index contributed by atoms with van der Waals surface area (Å²) in [6.45, 7) is 3.76. The summed E-state index contributed by atoms with van der Waals surface area (Å²) in [6.07, 6.45) is 0.829. The summed E-state index contributed by atoms with van der Waals surface area (Å²) in [7, 11) is 0. The lowest BCUT2D eigenvalue weighted by molar-refractivity contribution is -0.119. The highest BCUT2D eigenvalue weighted by Gasteiger charge is 2.25. The largest absolute Gasteiger partial charge is 0.301 e. The van der Waals surface area contributed by atoms with Crippen LogP contribution in [0.15, 0.2) is 24.3 Å². The van der Waals surface area contributed by atoms with Crippen molar-refractivity contribution in [2.45, 2.75) is 32.4 Å². The molecule has 74 valence electrons. The van der Waals surface area contributed by atoms with Crippen LogP contribution in [0.25, 0.3) is 0 Å². The third-order valence-corrected chi connectivity index (χ3v) is 2.89. The van der Waals surface area contributed by atoms with Crippen molar-refractivity contribution in [2.24, 2.45) is 0 Å². The Kier molecular flexibility index (Phi) is 2.38. The molecular weight excluding hydrogens is 174 g/mol. The summed E-state index contributed by atoms with van der Waals surface area (Å²) < 4.78 is 0. The Morgan fingerprint density at radius 2 is 2.14 bits per heavy atom. The minimum atomic E-state index is -0.0000926. The quantitative estimate of drug-likeness (QED) is 0.730. The molecule has 14 heavy (non-hydrogen) atoms. The fraction of sp³-hybridized carbons (Fsp3) is 0.417. The molecule has 2 unspecified atom stereocenters. The van der Waals surface area contributed by atoms with Crippen molar-refractivity contribution < 1.29 is 4.79 Å². The molecule has 2 nitrogen and oxygen atoms in total. The number of hydrogen-bond acceptors (Lipinski definition) is 2. The van der Waals surface area contributed by atoms with E-state index in [0.29, 0.717) is 0 Å². The average Bonchev–Trinajstić information content (AvgIpc) is 2.17. The van der Waals surface area contributed by atoms with Gasteiger partial charge in [0.25, 0.3) is 0 Å². The Labute approximate surface area is 84.3 Å². The lowest BCUT2D eigenvalue weighted by Crippen LogP contribution is -2.42. The molecule has 0 spiro atoms. The fourth-order valence-corrected chi connectivity index (χ4v) is 2.07. The molecule has 2 rings (SSSR count). The Bertz CT molecular complexity index is 359. The number of carbonyl (C=O) groups excluding carboxylic acids is 1. The van der Waals surface area contributed by atoms with Crippen molar-refractivity contribution in [3.63, 3.8) is 0 Å². The van der Waals surface area contributed by atoms with Crippen LogP contribution in [0.2, 0.25) is 0 Å². The van der Waals surface area contributed by atoms with Gasteiger partial charge in [0.05, 0.1) is 6.04 Å². The van der Waals surface area contributed by atoms with Gasteiger partial charge in [-0.3, -0.25) is 4.79 Å². The molecule has 0 saturated heterocycles. The molecule has 0 aromatic heterocycles. The minimum absolute atomic E-state index is 0.0000926. The van der Waals surface area contributed by atoms with E-state index in [-0.39, 0.29) is 17.9 Å². The first-order valence-electron chi connectivity index (χ1n) is 5.03. The Morgan fingerprint density at radius 3 is 2.86 bits per heavy atom. The molecule has 2 atom stereocenters. The molecule has 1 aromatic rings. The van der Waals surface area contributed by atoms with E-state index in [2.05, 4.69) is 24.4 Å². The van der Waals surface area contributed by atoms with Gasteiger partial charge in [0, 0.05) is 6.04 Å². The van der Waals surface area contributed by atoms with Gasteiger partial charge in [-0.05, 0) is 31.4 Å². The Hall–Kier alpha value is -1.15. The number of fused-ring (bicyclic) bond motifs is 1. The van der Waals surface area contributed by atoms with Crippen LogP contribution in [0, 0.1) is 0 Å². The number of ketones is 1. The standard InChI is InChI=1S/C12H15NO/c1-8-11-6-4-3-5-10(11)7-12(13-8)9(2)14/h3-6,8,12-13H,7H2,1-2H3. The van der Waals surface area contributed by atoms with Crippen LogP contribution in [-0.4, -0.2) is 11.8 Å². The van der Waals surface area contributed by atoms with Gasteiger partial charge >= 0.3 is 0 Å². The highest BCUT2D eigenvalue weighted by molar-refractivity contribution is 5.82. The molecule has 0 saturated carbocycles. The van der Waals surface area contributed by atoms with Gasteiger partial charge in [0.15, 0.2) is 0 Å². The molecule has 0 bridgehead atoms. The van der Waals surface area contributed by atoms with Crippen LogP contribution < -0.4 is 5.32 Å². The summed E-state index contributed by atoms with van der Waals surface area (Å²) in [4.78, 5) is 11.3. The predicted molar refractivity (Wildman–Crippen MR) is 56.2 cm³/mol. The van der Waals surface area contributed by atoms with Crippen molar-refractivity contribution in [3.8, 4) is 0 Å². The Morgan fingerprint density at radius 1 is 1.43 bits per heavy atom. The highest BCUT2D eigenvalue weighted by atomic mass is 16.1. The molecule has 0 fully saturated rings. The van der Waals surface area contributed by atoms with E-state index in [1.54, 1.807) is 6.92 Å². The van der Waals surface area contributed by atoms with Crippen LogP contribution in [-0.2, 0) is 11.2 Å². The molecule has 2 heteroatoms. The van der Waals surface area contributed by atoms with Crippen LogP contribution in [0.1, 0.15) is 31.0 Å². The van der Waals surface area contributed by atoms with Crippen LogP contribution in [0.4, 0.5) is 0 Å². The second-order valence-electron chi connectivity index (χ2n) is 3.95.